The molecule has 0 aliphatic carbocycles. The Kier molecular flexibility index (Phi) is 5.18. The number of aliphatic hydroxyl groups is 1. The molecule has 0 saturated carbocycles. The van der Waals surface area contributed by atoms with Crippen molar-refractivity contribution in [2.24, 2.45) is 0 Å². The first-order valence-corrected chi connectivity index (χ1v) is 4.93. The van der Waals surface area contributed by atoms with Gasteiger partial charge >= 0.3 is 0 Å². The molecule has 13 heavy (non-hydrogen) atoms. The summed E-state index contributed by atoms with van der Waals surface area (Å²) in [5, 5.41) is 12.7. The maximum Gasteiger partial charge on any atom is 0.180 e. The highest BCUT2D eigenvalue weighted by atomic mass is 16.3. The Bertz CT molecular complexity index is 166. The summed E-state index contributed by atoms with van der Waals surface area (Å²) in [6, 6.07) is -0.208. The zero-order chi connectivity index (χ0) is 10.5. The van der Waals surface area contributed by atoms with Crippen LogP contribution in [-0.4, -0.2) is 29.6 Å². The summed E-state index contributed by atoms with van der Waals surface area (Å²) in [7, 11) is 1.75. The third-order valence-electron chi connectivity index (χ3n) is 2.46. The Morgan fingerprint density at radius 1 is 1.54 bits per heavy atom. The van der Waals surface area contributed by atoms with E-state index in [0.29, 0.717) is 6.42 Å². The van der Waals surface area contributed by atoms with E-state index in [1.165, 1.54) is 0 Å². The fourth-order valence-electron chi connectivity index (χ4n) is 1.24. The van der Waals surface area contributed by atoms with Crippen molar-refractivity contribution in [3.05, 3.63) is 0 Å². The van der Waals surface area contributed by atoms with Gasteiger partial charge in [0.1, 0.15) is 5.60 Å². The highest BCUT2D eigenvalue weighted by molar-refractivity contribution is 5.91. The van der Waals surface area contributed by atoms with Gasteiger partial charge in [-0.1, -0.05) is 20.3 Å². The molecule has 0 rings (SSSR count). The van der Waals surface area contributed by atoms with Crippen molar-refractivity contribution in [1.29, 1.82) is 0 Å². The highest BCUT2D eigenvalue weighted by Gasteiger charge is 2.32. The Morgan fingerprint density at radius 2 is 2.08 bits per heavy atom. The monoisotopic (exact) mass is 187 g/mol. The number of hydrogen-bond acceptors (Lipinski definition) is 3. The minimum Gasteiger partial charge on any atom is -0.382 e. The van der Waals surface area contributed by atoms with Crippen LogP contribution in [0, 0.1) is 0 Å². The average molecular weight is 187 g/mol. The van der Waals surface area contributed by atoms with Crippen molar-refractivity contribution in [3.8, 4) is 0 Å². The Hall–Kier alpha value is -0.410. The number of ketones is 1. The lowest BCUT2D eigenvalue weighted by Gasteiger charge is -2.25. The summed E-state index contributed by atoms with van der Waals surface area (Å²) in [6.45, 7) is 5.42. The standard InChI is InChI=1S/C10H21NO2/c1-5-7-8(11-4)9(12)10(3,13)6-2/h8,11,13H,5-7H2,1-4H3/t8-,10+/m0/s1. The zero-order valence-electron chi connectivity index (χ0n) is 9.05. The molecule has 0 amide bonds. The lowest BCUT2D eigenvalue weighted by molar-refractivity contribution is -0.138. The van der Waals surface area contributed by atoms with E-state index >= 15 is 0 Å². The second-order valence-electron chi connectivity index (χ2n) is 3.62. The van der Waals surface area contributed by atoms with Crippen LogP contribution < -0.4 is 5.32 Å². The number of carbonyl (C=O) groups is 1. The lowest BCUT2D eigenvalue weighted by Crippen LogP contribution is -2.47. The molecule has 0 spiro atoms. The topological polar surface area (TPSA) is 49.3 Å². The van der Waals surface area contributed by atoms with Gasteiger partial charge in [0.2, 0.25) is 0 Å². The van der Waals surface area contributed by atoms with Crippen molar-refractivity contribution >= 4 is 5.78 Å². The molecule has 0 heterocycles. The van der Waals surface area contributed by atoms with Gasteiger partial charge < -0.3 is 10.4 Å². The average Bonchev–Trinajstić information content (AvgIpc) is 2.13. The van der Waals surface area contributed by atoms with Crippen LogP contribution in [0.5, 0.6) is 0 Å². The van der Waals surface area contributed by atoms with Crippen molar-refractivity contribution in [1.82, 2.24) is 5.32 Å². The summed E-state index contributed by atoms with van der Waals surface area (Å²) in [6.07, 6.45) is 2.19. The van der Waals surface area contributed by atoms with Crippen LogP contribution in [0.1, 0.15) is 40.0 Å². The fraction of sp³-hybridized carbons (Fsp3) is 0.900. The van der Waals surface area contributed by atoms with Crippen LogP contribution in [0.3, 0.4) is 0 Å². The molecule has 0 radical (unpaired) electrons. The second kappa shape index (κ2) is 5.35. The van der Waals surface area contributed by atoms with Crippen molar-refractivity contribution < 1.29 is 9.90 Å². The molecule has 0 saturated heterocycles. The Balaban J connectivity index is 4.36. The van der Waals surface area contributed by atoms with Gasteiger partial charge in [0.15, 0.2) is 5.78 Å². The fourth-order valence-corrected chi connectivity index (χ4v) is 1.24. The minimum atomic E-state index is -1.18. The minimum absolute atomic E-state index is 0.0978. The summed E-state index contributed by atoms with van der Waals surface area (Å²) in [5.74, 6) is -0.0978. The zero-order valence-corrected chi connectivity index (χ0v) is 9.05. The second-order valence-corrected chi connectivity index (χ2v) is 3.62. The number of rotatable bonds is 6. The first-order valence-electron chi connectivity index (χ1n) is 4.93. The van der Waals surface area contributed by atoms with Gasteiger partial charge in [-0.3, -0.25) is 4.79 Å². The van der Waals surface area contributed by atoms with Gasteiger partial charge in [0.05, 0.1) is 6.04 Å². The van der Waals surface area contributed by atoms with Crippen LogP contribution >= 0.6 is 0 Å². The third-order valence-corrected chi connectivity index (χ3v) is 2.46. The van der Waals surface area contributed by atoms with E-state index in [2.05, 4.69) is 5.32 Å². The molecule has 2 N–H and O–H groups in total. The first-order chi connectivity index (χ1) is 5.99. The summed E-state index contributed by atoms with van der Waals surface area (Å²) < 4.78 is 0. The molecule has 0 unspecified atom stereocenters. The summed E-state index contributed by atoms with van der Waals surface area (Å²) >= 11 is 0. The third kappa shape index (κ3) is 3.44. The van der Waals surface area contributed by atoms with Gasteiger partial charge in [-0.25, -0.2) is 0 Å². The van der Waals surface area contributed by atoms with E-state index in [1.54, 1.807) is 14.0 Å². The van der Waals surface area contributed by atoms with Crippen molar-refractivity contribution in [2.75, 3.05) is 7.05 Å². The maximum atomic E-state index is 11.7. The number of carbonyl (C=O) groups excluding carboxylic acids is 1. The predicted molar refractivity (Wildman–Crippen MR) is 53.7 cm³/mol. The van der Waals surface area contributed by atoms with E-state index in [-0.39, 0.29) is 11.8 Å². The van der Waals surface area contributed by atoms with Gasteiger partial charge in [-0.05, 0) is 26.8 Å². The molecule has 3 heteroatoms. The van der Waals surface area contributed by atoms with Crippen LogP contribution in [0.25, 0.3) is 0 Å². The molecular weight excluding hydrogens is 166 g/mol. The largest absolute Gasteiger partial charge is 0.382 e. The smallest absolute Gasteiger partial charge is 0.180 e. The van der Waals surface area contributed by atoms with Gasteiger partial charge in [0, 0.05) is 0 Å². The number of nitrogens with one attached hydrogen (secondary N) is 1. The van der Waals surface area contributed by atoms with E-state index in [4.69, 9.17) is 0 Å². The van der Waals surface area contributed by atoms with E-state index < -0.39 is 5.60 Å². The summed E-state index contributed by atoms with van der Waals surface area (Å²) in [5.41, 5.74) is -1.18. The quantitative estimate of drug-likeness (QED) is 0.654. The SMILES string of the molecule is CCC[C@H](NC)C(=O)[C@](C)(O)CC. The van der Waals surface area contributed by atoms with Crippen molar-refractivity contribution in [2.45, 2.75) is 51.7 Å². The van der Waals surface area contributed by atoms with Crippen LogP contribution in [0.15, 0.2) is 0 Å². The van der Waals surface area contributed by atoms with Gasteiger partial charge in [-0.15, -0.1) is 0 Å². The van der Waals surface area contributed by atoms with Crippen molar-refractivity contribution in [3.63, 3.8) is 0 Å². The summed E-state index contributed by atoms with van der Waals surface area (Å²) in [4.78, 5) is 11.7. The molecule has 0 aromatic heterocycles. The van der Waals surface area contributed by atoms with Gasteiger partial charge in [-0.2, -0.15) is 0 Å². The molecule has 3 nitrogen and oxygen atoms in total. The number of hydrogen-bond donors (Lipinski definition) is 2. The molecular formula is C10H21NO2. The molecule has 2 atom stereocenters. The van der Waals surface area contributed by atoms with Crippen LogP contribution in [0.2, 0.25) is 0 Å². The van der Waals surface area contributed by atoms with Crippen LogP contribution in [0.4, 0.5) is 0 Å². The molecule has 0 aromatic carbocycles. The molecule has 78 valence electrons. The molecule has 0 fully saturated rings. The van der Waals surface area contributed by atoms with E-state index in [9.17, 15) is 9.90 Å². The molecule has 0 bridgehead atoms. The van der Waals surface area contributed by atoms with Crippen LogP contribution in [-0.2, 0) is 4.79 Å². The number of Topliss-reactive ketones (excluding diaryl/α,β-unsaturated/α-hetero) is 1. The van der Waals surface area contributed by atoms with E-state index in [0.717, 1.165) is 12.8 Å². The Morgan fingerprint density at radius 3 is 2.38 bits per heavy atom. The highest BCUT2D eigenvalue weighted by Crippen LogP contribution is 2.14. The maximum absolute atomic E-state index is 11.7. The normalized spacial score (nSPS) is 17.9. The molecule has 0 aliphatic heterocycles. The molecule has 0 aromatic rings. The lowest BCUT2D eigenvalue weighted by atomic mass is 9.90. The predicted octanol–water partition coefficient (Wildman–Crippen LogP) is 1.10. The van der Waals surface area contributed by atoms with E-state index in [1.807, 2.05) is 13.8 Å². The van der Waals surface area contributed by atoms with Gasteiger partial charge in [0.25, 0.3) is 0 Å². The Labute approximate surface area is 80.5 Å². The first kappa shape index (κ1) is 12.6. The number of likely N-dealkylation sites (N-methyl/N-ethyl adjacent to an activating group) is 1. The molecule has 0 aliphatic rings.